The first-order valence-electron chi connectivity index (χ1n) is 13.0. The summed E-state index contributed by atoms with van der Waals surface area (Å²) in [7, 11) is 0. The third-order valence-corrected chi connectivity index (χ3v) is 7.53. The number of aliphatic hydroxyl groups is 2. The fraction of sp³-hybridized carbons (Fsp3) is 0.429. The van der Waals surface area contributed by atoms with Gasteiger partial charge in [0, 0.05) is 62.7 Å². The van der Waals surface area contributed by atoms with Crippen molar-refractivity contribution in [1.29, 1.82) is 0 Å². The van der Waals surface area contributed by atoms with Crippen LogP contribution in [0.4, 0.5) is 14.6 Å². The molecule has 2 N–H and O–H groups in total. The SMILES string of the molecule is CCn1cc(-c2nc3cnc([C@](C)(O)C(C)(C)O)cc3nc2N2CCN(Cc3ccc(F)cc3F)CC2)cn1. The number of hydrogen-bond acceptors (Lipinski definition) is 8. The van der Waals surface area contributed by atoms with E-state index in [-0.39, 0.29) is 0 Å². The average Bonchev–Trinajstić information content (AvgIpc) is 3.38. The van der Waals surface area contributed by atoms with Crippen LogP contribution in [0.25, 0.3) is 22.3 Å². The van der Waals surface area contributed by atoms with Crippen molar-refractivity contribution in [3.05, 3.63) is 65.7 Å². The summed E-state index contributed by atoms with van der Waals surface area (Å²) in [5.74, 6) is -0.456. The number of halogens is 2. The lowest BCUT2D eigenvalue weighted by molar-refractivity contribution is -0.127. The van der Waals surface area contributed by atoms with Gasteiger partial charge in [-0.1, -0.05) is 6.07 Å². The van der Waals surface area contributed by atoms with Crippen LogP contribution in [0.5, 0.6) is 0 Å². The molecule has 206 valence electrons. The molecule has 1 aliphatic heterocycles. The van der Waals surface area contributed by atoms with E-state index in [2.05, 4.69) is 19.9 Å². The molecule has 4 aromatic rings. The first-order chi connectivity index (χ1) is 18.5. The number of aromatic nitrogens is 5. The summed E-state index contributed by atoms with van der Waals surface area (Å²) in [4.78, 5) is 18.5. The molecule has 1 saturated heterocycles. The van der Waals surface area contributed by atoms with Gasteiger partial charge in [0.05, 0.1) is 29.2 Å². The number of pyridine rings is 1. The molecule has 1 atom stereocenters. The molecule has 5 rings (SSSR count). The van der Waals surface area contributed by atoms with Crippen molar-refractivity contribution >= 4 is 16.9 Å². The quantitative estimate of drug-likeness (QED) is 0.369. The van der Waals surface area contributed by atoms with Gasteiger partial charge in [0.15, 0.2) is 5.82 Å². The Hall–Kier alpha value is -3.54. The van der Waals surface area contributed by atoms with E-state index in [0.717, 1.165) is 11.6 Å². The largest absolute Gasteiger partial charge is 0.387 e. The molecule has 0 amide bonds. The highest BCUT2D eigenvalue weighted by molar-refractivity contribution is 5.83. The van der Waals surface area contributed by atoms with E-state index in [1.807, 2.05) is 17.8 Å². The summed E-state index contributed by atoms with van der Waals surface area (Å²) in [6.45, 7) is 10.2. The van der Waals surface area contributed by atoms with Gasteiger partial charge in [-0.05, 0) is 39.8 Å². The molecular weight excluding hydrogens is 504 g/mol. The van der Waals surface area contributed by atoms with Crippen LogP contribution in [0.3, 0.4) is 0 Å². The number of hydrogen-bond donors (Lipinski definition) is 2. The van der Waals surface area contributed by atoms with Crippen LogP contribution >= 0.6 is 0 Å². The van der Waals surface area contributed by atoms with Gasteiger partial charge in [0.2, 0.25) is 0 Å². The van der Waals surface area contributed by atoms with E-state index in [4.69, 9.17) is 9.97 Å². The van der Waals surface area contributed by atoms with Gasteiger partial charge in [0.25, 0.3) is 0 Å². The summed E-state index contributed by atoms with van der Waals surface area (Å²) in [5.41, 5.74) is 0.307. The Morgan fingerprint density at radius 2 is 1.69 bits per heavy atom. The van der Waals surface area contributed by atoms with Crippen molar-refractivity contribution in [1.82, 2.24) is 29.6 Å². The molecule has 4 heterocycles. The maximum Gasteiger partial charge on any atom is 0.156 e. The van der Waals surface area contributed by atoms with E-state index in [1.54, 1.807) is 18.5 Å². The molecule has 0 saturated carbocycles. The Balaban J connectivity index is 1.48. The summed E-state index contributed by atoms with van der Waals surface area (Å²) in [5, 5.41) is 25.9. The van der Waals surface area contributed by atoms with Crippen LogP contribution < -0.4 is 4.90 Å². The number of nitrogens with zero attached hydrogens (tertiary/aromatic N) is 7. The van der Waals surface area contributed by atoms with Gasteiger partial charge in [-0.15, -0.1) is 0 Å². The van der Waals surface area contributed by atoms with Gasteiger partial charge in [0.1, 0.15) is 28.4 Å². The first kappa shape index (κ1) is 27.0. The second-order valence-electron chi connectivity index (χ2n) is 10.7. The lowest BCUT2D eigenvalue weighted by atomic mass is 9.84. The second-order valence-corrected chi connectivity index (χ2v) is 10.7. The minimum atomic E-state index is -1.61. The van der Waals surface area contributed by atoms with Crippen molar-refractivity contribution < 1.29 is 19.0 Å². The molecule has 39 heavy (non-hydrogen) atoms. The van der Waals surface area contributed by atoms with E-state index in [9.17, 15) is 19.0 Å². The van der Waals surface area contributed by atoms with Crippen molar-refractivity contribution in [2.45, 2.75) is 52.0 Å². The predicted octanol–water partition coefficient (Wildman–Crippen LogP) is 3.49. The third-order valence-electron chi connectivity index (χ3n) is 7.53. The smallest absolute Gasteiger partial charge is 0.156 e. The van der Waals surface area contributed by atoms with Crippen molar-refractivity contribution in [2.24, 2.45) is 0 Å². The van der Waals surface area contributed by atoms with Gasteiger partial charge in [-0.3, -0.25) is 14.6 Å². The number of anilines is 1. The topological polar surface area (TPSA) is 103 Å². The van der Waals surface area contributed by atoms with Crippen molar-refractivity contribution in [3.63, 3.8) is 0 Å². The monoisotopic (exact) mass is 537 g/mol. The lowest BCUT2D eigenvalue weighted by Gasteiger charge is -2.36. The number of rotatable bonds is 7. The highest BCUT2D eigenvalue weighted by atomic mass is 19.1. The van der Waals surface area contributed by atoms with Crippen LogP contribution in [0.1, 0.15) is 39.0 Å². The number of aryl methyl sites for hydroxylation is 1. The molecule has 0 radical (unpaired) electrons. The third kappa shape index (κ3) is 5.34. The minimum absolute atomic E-state index is 0.292. The van der Waals surface area contributed by atoms with Crippen LogP contribution in [0.15, 0.2) is 42.9 Å². The maximum absolute atomic E-state index is 14.2. The Morgan fingerprint density at radius 1 is 0.949 bits per heavy atom. The van der Waals surface area contributed by atoms with Crippen LogP contribution in [0, 0.1) is 11.6 Å². The molecule has 9 nitrogen and oxygen atoms in total. The average molecular weight is 538 g/mol. The van der Waals surface area contributed by atoms with Crippen molar-refractivity contribution in [3.8, 4) is 11.3 Å². The highest BCUT2D eigenvalue weighted by Crippen LogP contribution is 2.34. The Bertz CT molecular complexity index is 1490. The number of benzene rings is 1. The molecule has 0 bridgehead atoms. The summed E-state index contributed by atoms with van der Waals surface area (Å²) >= 11 is 0. The zero-order chi connectivity index (χ0) is 27.9. The molecule has 3 aromatic heterocycles. The Labute approximate surface area is 225 Å². The molecule has 1 aromatic carbocycles. The van der Waals surface area contributed by atoms with Gasteiger partial charge < -0.3 is 15.1 Å². The fourth-order valence-electron chi connectivity index (χ4n) is 4.61. The maximum atomic E-state index is 14.2. The van der Waals surface area contributed by atoms with E-state index in [1.165, 1.54) is 32.9 Å². The highest BCUT2D eigenvalue weighted by Gasteiger charge is 2.40. The van der Waals surface area contributed by atoms with Crippen molar-refractivity contribution in [2.75, 3.05) is 31.1 Å². The summed E-state index contributed by atoms with van der Waals surface area (Å²) in [6, 6.07) is 5.35. The first-order valence-corrected chi connectivity index (χ1v) is 13.0. The minimum Gasteiger partial charge on any atom is -0.387 e. The summed E-state index contributed by atoms with van der Waals surface area (Å²) in [6.07, 6.45) is 5.25. The number of piperazine rings is 1. The predicted molar refractivity (Wildman–Crippen MR) is 144 cm³/mol. The Morgan fingerprint density at radius 3 is 2.33 bits per heavy atom. The zero-order valence-electron chi connectivity index (χ0n) is 22.6. The van der Waals surface area contributed by atoms with E-state index < -0.39 is 22.8 Å². The normalized spacial score (nSPS) is 16.6. The molecular formula is C28H33F2N7O2. The van der Waals surface area contributed by atoms with Gasteiger partial charge >= 0.3 is 0 Å². The molecule has 0 unspecified atom stereocenters. The van der Waals surface area contributed by atoms with Crippen LogP contribution in [-0.2, 0) is 18.7 Å². The van der Waals surface area contributed by atoms with Gasteiger partial charge in [-0.2, -0.15) is 5.10 Å². The molecule has 1 fully saturated rings. The number of fused-ring (bicyclic) bond motifs is 1. The molecule has 0 spiro atoms. The van der Waals surface area contributed by atoms with E-state index in [0.29, 0.717) is 73.1 Å². The Kier molecular flexibility index (Phi) is 7.08. The van der Waals surface area contributed by atoms with E-state index >= 15 is 0 Å². The zero-order valence-corrected chi connectivity index (χ0v) is 22.6. The van der Waals surface area contributed by atoms with Gasteiger partial charge in [-0.25, -0.2) is 18.7 Å². The second kappa shape index (κ2) is 10.2. The molecule has 11 heteroatoms. The fourth-order valence-corrected chi connectivity index (χ4v) is 4.61. The van der Waals surface area contributed by atoms with Crippen LogP contribution in [-0.4, -0.2) is 71.6 Å². The molecule has 0 aliphatic carbocycles. The van der Waals surface area contributed by atoms with Crippen LogP contribution in [0.2, 0.25) is 0 Å². The molecule has 1 aliphatic rings. The lowest BCUT2D eigenvalue weighted by Crippen LogP contribution is -2.46. The standard InChI is InChI=1S/C28H33F2N7O2/c1-5-37-17-19(14-32-37)25-26(34-22-13-24(31-15-23(22)33-25)28(4,39)27(2,3)38)36-10-8-35(9-11-36)16-18-6-7-20(29)12-21(18)30/h6-7,12-15,17,38-39H,5,8-11,16H2,1-4H3/t28-/m0/s1. The summed E-state index contributed by atoms with van der Waals surface area (Å²) < 4.78 is 29.4.